The van der Waals surface area contributed by atoms with E-state index in [0.717, 1.165) is 0 Å². The Kier molecular flexibility index (Phi) is 39.9. The lowest BCUT2D eigenvalue weighted by atomic mass is 10.3. The zero-order valence-corrected chi connectivity index (χ0v) is 28.4. The van der Waals surface area contributed by atoms with Crippen LogP contribution in [0.15, 0.2) is 0 Å². The first kappa shape index (κ1) is 45.3. The molecule has 0 atom stereocenters. The van der Waals surface area contributed by atoms with Crippen molar-refractivity contribution in [1.29, 1.82) is 0 Å². The van der Waals surface area contributed by atoms with Crippen LogP contribution in [0, 0.1) is 0 Å². The lowest BCUT2D eigenvalue weighted by Crippen LogP contribution is -2.50. The van der Waals surface area contributed by atoms with Crippen LogP contribution in [-0.4, -0.2) is 130 Å². The van der Waals surface area contributed by atoms with Crippen molar-refractivity contribution < 1.29 is 60.9 Å². The Bertz CT molecular complexity index is 400. The van der Waals surface area contributed by atoms with E-state index in [4.69, 9.17) is 60.9 Å². The van der Waals surface area contributed by atoms with Gasteiger partial charge in [-0.2, -0.15) is 0 Å². The third-order valence-electron chi connectivity index (χ3n) is 4.61. The molecule has 0 aromatic rings. The van der Waals surface area contributed by atoms with Crippen LogP contribution in [0.5, 0.6) is 0 Å². The fourth-order valence-electron chi connectivity index (χ4n) is 2.85. The predicted octanol–water partition coefficient (Wildman–Crippen LogP) is 2.15. The largest absolute Gasteiger partial charge is 0.679 e. The monoisotopic (exact) mass is 638 g/mol. The summed E-state index contributed by atoms with van der Waals surface area (Å²) >= 11 is 0. The van der Waals surface area contributed by atoms with Gasteiger partial charge in [0.2, 0.25) is 0 Å². The number of rotatable bonds is 28. The lowest BCUT2D eigenvalue weighted by Gasteiger charge is -2.28. The summed E-state index contributed by atoms with van der Waals surface area (Å²) in [6.45, 7) is 13.6. The highest BCUT2D eigenvalue weighted by molar-refractivity contribution is 6.53. The Morgan fingerprint density at radius 1 is 0.341 bits per heavy atom. The molecule has 252 valence electrons. The van der Waals surface area contributed by atoms with Crippen molar-refractivity contribution in [2.24, 2.45) is 0 Å². The van der Waals surface area contributed by atoms with Gasteiger partial charge in [-0.25, -0.2) is 0 Å². The molecule has 0 amide bonds. The van der Waals surface area contributed by atoms with E-state index in [1.165, 1.54) is 0 Å². The average Bonchev–Trinajstić information content (AvgIpc) is 2.95. The molecule has 0 aromatic carbocycles. The van der Waals surface area contributed by atoms with Crippen molar-refractivity contribution >= 4 is 18.1 Å². The Hall–Kier alpha value is -0.0862. The molecular weight excluding hydrogens is 576 g/mol. The standard InChI is InChI=1S/C16H36O8Si.C8H20O4Si.C2H6O/c17-9-1-5-13-21-25(22-14-6-2-10-18,23-15-7-3-11-19)24-16-8-4-12-20;1-5-9-13(10-6-2,11-7-3)12-8-4;1-2-3/h17-20H,1-16H2;5-8H2,1-4H3;3H,2H2,1H3. The first-order valence-corrected chi connectivity index (χ1v) is 18.3. The summed E-state index contributed by atoms with van der Waals surface area (Å²) in [4.78, 5) is 0. The first-order valence-electron chi connectivity index (χ1n) is 15.1. The van der Waals surface area contributed by atoms with Gasteiger partial charge in [-0.1, -0.05) is 0 Å². The van der Waals surface area contributed by atoms with Crippen LogP contribution in [0.2, 0.25) is 0 Å². The maximum atomic E-state index is 8.89. The highest BCUT2D eigenvalue weighted by Crippen LogP contribution is 2.16. The number of unbranched alkanes of at least 4 members (excludes halogenated alkanes) is 4. The van der Waals surface area contributed by atoms with Crippen LogP contribution in [0.25, 0.3) is 0 Å². The molecule has 0 saturated heterocycles. The second-order valence-electron chi connectivity index (χ2n) is 8.16. The van der Waals surface area contributed by atoms with Crippen LogP contribution >= 0.6 is 0 Å². The molecular formula is C26H62O13Si2. The average molecular weight is 639 g/mol. The van der Waals surface area contributed by atoms with Gasteiger partial charge in [0.05, 0.1) is 0 Å². The van der Waals surface area contributed by atoms with Crippen molar-refractivity contribution in [1.82, 2.24) is 0 Å². The van der Waals surface area contributed by atoms with Gasteiger partial charge in [0, 0.05) is 85.9 Å². The van der Waals surface area contributed by atoms with Gasteiger partial charge in [0.1, 0.15) is 0 Å². The third kappa shape index (κ3) is 29.8. The second kappa shape index (κ2) is 36.1. The molecule has 0 aliphatic carbocycles. The topological polar surface area (TPSA) is 175 Å². The molecule has 5 N–H and O–H groups in total. The highest BCUT2D eigenvalue weighted by atomic mass is 28.4. The summed E-state index contributed by atoms with van der Waals surface area (Å²) in [5, 5.41) is 43.1. The van der Waals surface area contributed by atoms with E-state index in [0.29, 0.717) is 104 Å². The number of hydrogen-bond donors (Lipinski definition) is 5. The SMILES string of the molecule is CCO.CCO[Si](OCC)(OCC)OCC.OCCCCO[Si](OCCCCO)(OCCCCO)OCCCCO. The molecule has 0 rings (SSSR count). The van der Waals surface area contributed by atoms with Gasteiger partial charge in [-0.05, 0) is 86.0 Å². The zero-order valence-electron chi connectivity index (χ0n) is 26.4. The summed E-state index contributed by atoms with van der Waals surface area (Å²) < 4.78 is 45.1. The molecule has 0 bridgehead atoms. The summed E-state index contributed by atoms with van der Waals surface area (Å²) in [5.74, 6) is 0. The summed E-state index contributed by atoms with van der Waals surface area (Å²) in [5.41, 5.74) is 0. The van der Waals surface area contributed by atoms with Gasteiger partial charge in [-0.3, -0.25) is 0 Å². The van der Waals surface area contributed by atoms with Crippen LogP contribution < -0.4 is 0 Å². The zero-order chi connectivity index (χ0) is 31.5. The fraction of sp³-hybridized carbons (Fsp3) is 1.00. The minimum Gasteiger partial charge on any atom is -0.397 e. The molecule has 0 spiro atoms. The first-order chi connectivity index (χ1) is 19.9. The molecule has 13 nitrogen and oxygen atoms in total. The van der Waals surface area contributed by atoms with Crippen molar-refractivity contribution in [3.05, 3.63) is 0 Å². The fourth-order valence-corrected chi connectivity index (χ4v) is 6.84. The number of aliphatic hydroxyl groups is 5. The molecule has 0 unspecified atom stereocenters. The minimum atomic E-state index is -3.32. The van der Waals surface area contributed by atoms with Crippen LogP contribution in [0.4, 0.5) is 0 Å². The van der Waals surface area contributed by atoms with E-state index in [9.17, 15) is 0 Å². The molecule has 0 saturated carbocycles. The smallest absolute Gasteiger partial charge is 0.397 e. The van der Waals surface area contributed by atoms with Gasteiger partial charge < -0.3 is 60.9 Å². The summed E-state index contributed by atoms with van der Waals surface area (Å²) in [7, 11) is -6.12. The Morgan fingerprint density at radius 2 is 0.537 bits per heavy atom. The van der Waals surface area contributed by atoms with Gasteiger partial charge in [-0.15, -0.1) is 0 Å². The van der Waals surface area contributed by atoms with Crippen LogP contribution in [-0.2, 0) is 35.4 Å². The molecule has 0 radical (unpaired) electrons. The maximum absolute atomic E-state index is 8.89. The Labute approximate surface area is 251 Å². The molecule has 0 fully saturated rings. The van der Waals surface area contributed by atoms with Crippen molar-refractivity contribution in [3.8, 4) is 0 Å². The quantitative estimate of drug-likeness (QED) is 0.0623. The van der Waals surface area contributed by atoms with E-state index in [1.807, 2.05) is 27.7 Å². The van der Waals surface area contributed by atoms with E-state index in [2.05, 4.69) is 0 Å². The molecule has 41 heavy (non-hydrogen) atoms. The van der Waals surface area contributed by atoms with Crippen LogP contribution in [0.3, 0.4) is 0 Å². The van der Waals surface area contributed by atoms with E-state index in [1.54, 1.807) is 6.92 Å². The van der Waals surface area contributed by atoms with Crippen molar-refractivity contribution in [3.63, 3.8) is 0 Å². The van der Waals surface area contributed by atoms with Crippen LogP contribution in [0.1, 0.15) is 86.0 Å². The summed E-state index contributed by atoms with van der Waals surface area (Å²) in [6.07, 6.45) is 5.20. The second-order valence-corrected chi connectivity index (χ2v) is 12.5. The number of hydrogen-bond acceptors (Lipinski definition) is 13. The van der Waals surface area contributed by atoms with Crippen molar-refractivity contribution in [2.45, 2.75) is 86.0 Å². The number of aliphatic hydroxyl groups excluding tert-OH is 5. The molecule has 0 aliphatic heterocycles. The van der Waals surface area contributed by atoms with E-state index >= 15 is 0 Å². The van der Waals surface area contributed by atoms with Gasteiger partial charge >= 0.3 is 18.1 Å². The predicted molar refractivity (Wildman–Crippen MR) is 160 cm³/mol. The summed E-state index contributed by atoms with van der Waals surface area (Å²) in [6, 6.07) is 0. The highest BCUT2D eigenvalue weighted by Gasteiger charge is 2.46. The maximum Gasteiger partial charge on any atom is 0.679 e. The van der Waals surface area contributed by atoms with Gasteiger partial charge in [0.15, 0.2) is 0 Å². The molecule has 15 heteroatoms. The van der Waals surface area contributed by atoms with Gasteiger partial charge in [0.25, 0.3) is 0 Å². The lowest BCUT2D eigenvalue weighted by molar-refractivity contribution is -0.0388. The van der Waals surface area contributed by atoms with E-state index in [-0.39, 0.29) is 33.0 Å². The van der Waals surface area contributed by atoms with Crippen molar-refractivity contribution in [2.75, 3.05) is 85.9 Å². The minimum absolute atomic E-state index is 0.101. The van der Waals surface area contributed by atoms with E-state index < -0.39 is 18.1 Å². The third-order valence-corrected chi connectivity index (χ3v) is 9.41. The molecule has 0 heterocycles. The molecule has 0 aliphatic rings. The normalized spacial score (nSPS) is 11.6. The Morgan fingerprint density at radius 3 is 0.707 bits per heavy atom. The Balaban J connectivity index is -0.000000753. The molecule has 0 aromatic heterocycles.